The summed E-state index contributed by atoms with van der Waals surface area (Å²) in [6.45, 7) is 0.902. The molecule has 3 heteroatoms. The summed E-state index contributed by atoms with van der Waals surface area (Å²) in [5.74, 6) is 1.57. The van der Waals surface area contributed by atoms with E-state index in [1.54, 1.807) is 0 Å². The van der Waals surface area contributed by atoms with Gasteiger partial charge in [-0.05, 0) is 49.5 Å². The number of nitrogens with zero attached hydrogens (tertiary/aromatic N) is 1. The van der Waals surface area contributed by atoms with Crippen molar-refractivity contribution in [3.63, 3.8) is 0 Å². The fourth-order valence-electron chi connectivity index (χ4n) is 4.95. The average molecular weight is 284 g/mol. The number of likely N-dealkylation sites (tertiary alicyclic amines) is 1. The largest absolute Gasteiger partial charge is 0.335 e. The lowest BCUT2D eigenvalue weighted by Crippen LogP contribution is -2.46. The van der Waals surface area contributed by atoms with E-state index in [2.05, 4.69) is 29.2 Å². The van der Waals surface area contributed by atoms with Crippen LogP contribution in [0.25, 0.3) is 0 Å². The molecule has 4 rings (SSSR count). The number of carbonyl (C=O) groups is 1. The van der Waals surface area contributed by atoms with Crippen molar-refractivity contribution in [3.05, 3.63) is 35.9 Å². The van der Waals surface area contributed by atoms with Crippen LogP contribution in [-0.4, -0.2) is 23.4 Å². The molecule has 2 aliphatic carbocycles. The highest BCUT2D eigenvalue weighted by atomic mass is 16.2. The maximum Gasteiger partial charge on any atom is 0.228 e. The zero-order chi connectivity index (χ0) is 14.4. The Kier molecular flexibility index (Phi) is 3.26. The Morgan fingerprint density at radius 1 is 1.10 bits per heavy atom. The highest BCUT2D eigenvalue weighted by molar-refractivity contribution is 5.81. The molecular weight excluding hydrogens is 260 g/mol. The van der Waals surface area contributed by atoms with E-state index in [1.165, 1.54) is 24.8 Å². The molecule has 112 valence electrons. The molecule has 1 aromatic carbocycles. The van der Waals surface area contributed by atoms with Gasteiger partial charge in [0.05, 0.1) is 12.0 Å². The highest BCUT2D eigenvalue weighted by Gasteiger charge is 2.51. The molecular formula is C18H24N2O. The second kappa shape index (κ2) is 5.13. The van der Waals surface area contributed by atoms with E-state index < -0.39 is 0 Å². The lowest BCUT2D eigenvalue weighted by Gasteiger charge is -2.33. The lowest BCUT2D eigenvalue weighted by molar-refractivity contribution is -0.138. The van der Waals surface area contributed by atoms with Crippen LogP contribution in [0.5, 0.6) is 0 Å². The van der Waals surface area contributed by atoms with E-state index in [0.29, 0.717) is 17.7 Å². The van der Waals surface area contributed by atoms with E-state index in [1.807, 2.05) is 6.07 Å². The minimum absolute atomic E-state index is 0.0908. The summed E-state index contributed by atoms with van der Waals surface area (Å²) < 4.78 is 0. The van der Waals surface area contributed by atoms with E-state index >= 15 is 0 Å². The standard InChI is InChI=1S/C18H24N2O/c19-17-14-9-8-13(11-14)16(17)18(21)20-10-4-7-15(20)12-5-2-1-3-6-12/h1-3,5-6,13-17H,4,7-11,19H2. The van der Waals surface area contributed by atoms with Gasteiger partial charge in [-0.15, -0.1) is 0 Å². The first-order chi connectivity index (χ1) is 10.3. The van der Waals surface area contributed by atoms with Gasteiger partial charge in [-0.2, -0.15) is 0 Å². The van der Waals surface area contributed by atoms with Gasteiger partial charge in [0.15, 0.2) is 0 Å². The summed E-state index contributed by atoms with van der Waals surface area (Å²) >= 11 is 0. The van der Waals surface area contributed by atoms with Crippen LogP contribution >= 0.6 is 0 Å². The van der Waals surface area contributed by atoms with Crippen LogP contribution in [-0.2, 0) is 4.79 Å². The molecule has 1 aliphatic heterocycles. The third kappa shape index (κ3) is 2.10. The molecule has 5 atom stereocenters. The first-order valence-corrected chi connectivity index (χ1v) is 8.36. The fourth-order valence-corrected chi connectivity index (χ4v) is 4.95. The molecule has 1 aromatic rings. The second-order valence-electron chi connectivity index (χ2n) is 7.04. The van der Waals surface area contributed by atoms with Crippen LogP contribution in [0.1, 0.15) is 43.7 Å². The van der Waals surface area contributed by atoms with Crippen LogP contribution in [0.3, 0.4) is 0 Å². The van der Waals surface area contributed by atoms with Crippen molar-refractivity contribution in [2.45, 2.75) is 44.2 Å². The van der Waals surface area contributed by atoms with Gasteiger partial charge < -0.3 is 10.6 Å². The summed E-state index contributed by atoms with van der Waals surface area (Å²) in [5.41, 5.74) is 7.65. The monoisotopic (exact) mass is 284 g/mol. The predicted molar refractivity (Wildman–Crippen MR) is 82.4 cm³/mol. The quantitative estimate of drug-likeness (QED) is 0.907. The maximum absolute atomic E-state index is 13.1. The summed E-state index contributed by atoms with van der Waals surface area (Å²) in [5, 5.41) is 0. The van der Waals surface area contributed by atoms with Crippen molar-refractivity contribution in [2.75, 3.05) is 6.54 Å². The van der Waals surface area contributed by atoms with Crippen molar-refractivity contribution >= 4 is 5.91 Å². The van der Waals surface area contributed by atoms with E-state index in [9.17, 15) is 4.79 Å². The molecule has 3 nitrogen and oxygen atoms in total. The Morgan fingerprint density at radius 2 is 1.86 bits per heavy atom. The topological polar surface area (TPSA) is 46.3 Å². The minimum Gasteiger partial charge on any atom is -0.335 e. The highest BCUT2D eigenvalue weighted by Crippen LogP contribution is 2.49. The zero-order valence-electron chi connectivity index (χ0n) is 12.4. The first-order valence-electron chi connectivity index (χ1n) is 8.36. The number of hydrogen-bond donors (Lipinski definition) is 1. The lowest BCUT2D eigenvalue weighted by atomic mass is 9.83. The number of benzene rings is 1. The number of fused-ring (bicyclic) bond motifs is 2. The van der Waals surface area contributed by atoms with E-state index in [-0.39, 0.29) is 18.0 Å². The van der Waals surface area contributed by atoms with Crippen molar-refractivity contribution in [3.8, 4) is 0 Å². The molecule has 3 fully saturated rings. The Morgan fingerprint density at radius 3 is 2.57 bits per heavy atom. The van der Waals surface area contributed by atoms with Gasteiger partial charge in [-0.25, -0.2) is 0 Å². The molecule has 1 heterocycles. The third-order valence-corrected chi connectivity index (χ3v) is 5.99. The second-order valence-corrected chi connectivity index (χ2v) is 7.04. The number of nitrogens with two attached hydrogens (primary N) is 1. The number of amides is 1. The summed E-state index contributed by atoms with van der Waals surface area (Å²) in [4.78, 5) is 15.2. The van der Waals surface area contributed by atoms with Crippen molar-refractivity contribution in [2.24, 2.45) is 23.5 Å². The molecule has 2 N–H and O–H groups in total. The molecule has 0 aromatic heterocycles. The van der Waals surface area contributed by atoms with Crippen molar-refractivity contribution < 1.29 is 4.79 Å². The smallest absolute Gasteiger partial charge is 0.228 e. The summed E-state index contributed by atoms with van der Waals surface area (Å²) in [6, 6.07) is 10.8. The normalized spacial score (nSPS) is 38.1. The van der Waals surface area contributed by atoms with Gasteiger partial charge in [-0.1, -0.05) is 30.3 Å². The Balaban J connectivity index is 1.56. The number of hydrogen-bond acceptors (Lipinski definition) is 2. The minimum atomic E-state index is 0.0908. The Hall–Kier alpha value is -1.35. The molecule has 0 radical (unpaired) electrons. The van der Waals surface area contributed by atoms with Gasteiger partial charge in [0.2, 0.25) is 5.91 Å². The van der Waals surface area contributed by atoms with Gasteiger partial charge >= 0.3 is 0 Å². The molecule has 1 saturated heterocycles. The van der Waals surface area contributed by atoms with Gasteiger partial charge in [0, 0.05) is 12.6 Å². The van der Waals surface area contributed by atoms with E-state index in [0.717, 1.165) is 19.4 Å². The predicted octanol–water partition coefficient (Wildman–Crippen LogP) is 2.72. The molecule has 0 spiro atoms. The Bertz CT molecular complexity index is 527. The summed E-state index contributed by atoms with van der Waals surface area (Å²) in [7, 11) is 0. The summed E-state index contributed by atoms with van der Waals surface area (Å²) in [6.07, 6.45) is 5.82. The molecule has 1 amide bonds. The van der Waals surface area contributed by atoms with Crippen LogP contribution in [0.2, 0.25) is 0 Å². The van der Waals surface area contributed by atoms with Gasteiger partial charge in [-0.3, -0.25) is 4.79 Å². The number of rotatable bonds is 2. The molecule has 5 unspecified atom stereocenters. The Labute approximate surface area is 126 Å². The first kappa shape index (κ1) is 13.3. The fraction of sp³-hybridized carbons (Fsp3) is 0.611. The third-order valence-electron chi connectivity index (χ3n) is 5.99. The molecule has 2 bridgehead atoms. The van der Waals surface area contributed by atoms with Crippen molar-refractivity contribution in [1.29, 1.82) is 0 Å². The number of carbonyl (C=O) groups excluding carboxylic acids is 1. The van der Waals surface area contributed by atoms with Crippen molar-refractivity contribution in [1.82, 2.24) is 4.90 Å². The van der Waals surface area contributed by atoms with Crippen LogP contribution in [0.4, 0.5) is 0 Å². The maximum atomic E-state index is 13.1. The van der Waals surface area contributed by atoms with Crippen LogP contribution in [0.15, 0.2) is 30.3 Å². The molecule has 3 aliphatic rings. The zero-order valence-corrected chi connectivity index (χ0v) is 12.4. The van der Waals surface area contributed by atoms with E-state index in [4.69, 9.17) is 5.73 Å². The SMILES string of the molecule is NC1C2CCC(C2)C1C(=O)N1CCCC1c1ccccc1. The average Bonchev–Trinajstić information content (AvgIpc) is 3.23. The molecule has 21 heavy (non-hydrogen) atoms. The van der Waals surface area contributed by atoms with Crippen LogP contribution in [0, 0.1) is 17.8 Å². The van der Waals surface area contributed by atoms with Gasteiger partial charge in [0.25, 0.3) is 0 Å². The van der Waals surface area contributed by atoms with Gasteiger partial charge in [0.1, 0.15) is 0 Å². The van der Waals surface area contributed by atoms with Crippen LogP contribution < -0.4 is 5.73 Å². The molecule has 2 saturated carbocycles.